The van der Waals surface area contributed by atoms with Gasteiger partial charge in [0.25, 0.3) is 0 Å². The molecule has 2 unspecified atom stereocenters. The van der Waals surface area contributed by atoms with Gasteiger partial charge in [0.2, 0.25) is 0 Å². The van der Waals surface area contributed by atoms with E-state index < -0.39 is 0 Å². The molecule has 0 spiro atoms. The van der Waals surface area contributed by atoms with Crippen LogP contribution in [0, 0.1) is 5.92 Å². The van der Waals surface area contributed by atoms with Crippen molar-refractivity contribution in [2.75, 3.05) is 13.2 Å². The molecule has 2 N–H and O–H groups in total. The van der Waals surface area contributed by atoms with Crippen molar-refractivity contribution in [2.45, 2.75) is 24.8 Å². The molecule has 18 heavy (non-hydrogen) atoms. The number of H-pyrrole nitrogens is 1. The van der Waals surface area contributed by atoms with Gasteiger partial charge in [-0.1, -0.05) is 0 Å². The third-order valence-electron chi connectivity index (χ3n) is 4.12. The number of aliphatic imine (C=N–C) groups is 1. The van der Waals surface area contributed by atoms with Crippen LogP contribution < -0.4 is 5.43 Å². The Morgan fingerprint density at radius 1 is 1.28 bits per heavy atom. The van der Waals surface area contributed by atoms with E-state index in [1.165, 1.54) is 11.3 Å². The van der Waals surface area contributed by atoms with Crippen LogP contribution in [0.3, 0.4) is 0 Å². The van der Waals surface area contributed by atoms with Gasteiger partial charge in [-0.05, 0) is 18.9 Å². The molecule has 3 aliphatic rings. The molecular formula is C13H16N4O. The van der Waals surface area contributed by atoms with Crippen LogP contribution in [-0.2, 0) is 4.74 Å². The molecule has 4 rings (SSSR count). The fourth-order valence-electron chi connectivity index (χ4n) is 3.18. The SMILES string of the molecule is C1=Nc2[nH]ccc2C2C(C3CCOCC3)=NNC12. The smallest absolute Gasteiger partial charge is 0.133 e. The molecule has 1 saturated heterocycles. The Hall–Kier alpha value is -1.62. The average molecular weight is 244 g/mol. The van der Waals surface area contributed by atoms with Crippen molar-refractivity contribution < 1.29 is 4.74 Å². The number of rotatable bonds is 1. The largest absolute Gasteiger partial charge is 0.381 e. The molecule has 4 heterocycles. The highest BCUT2D eigenvalue weighted by Gasteiger charge is 2.39. The van der Waals surface area contributed by atoms with Crippen molar-refractivity contribution in [3.63, 3.8) is 0 Å². The van der Waals surface area contributed by atoms with Gasteiger partial charge in [-0.15, -0.1) is 0 Å². The number of ether oxygens (including phenoxy) is 1. The van der Waals surface area contributed by atoms with Gasteiger partial charge >= 0.3 is 0 Å². The Morgan fingerprint density at radius 3 is 3.06 bits per heavy atom. The number of hydrazone groups is 1. The van der Waals surface area contributed by atoms with Crippen molar-refractivity contribution in [3.05, 3.63) is 17.8 Å². The fraction of sp³-hybridized carbons (Fsp3) is 0.538. The Bertz CT molecular complexity index is 513. The number of aromatic nitrogens is 1. The van der Waals surface area contributed by atoms with E-state index in [0.717, 1.165) is 31.9 Å². The summed E-state index contributed by atoms with van der Waals surface area (Å²) in [4.78, 5) is 7.62. The highest BCUT2D eigenvalue weighted by molar-refractivity contribution is 6.00. The average Bonchev–Trinajstić information content (AvgIpc) is 3.05. The molecule has 0 aromatic carbocycles. The molecule has 3 aliphatic heterocycles. The summed E-state index contributed by atoms with van der Waals surface area (Å²) in [5.41, 5.74) is 5.78. The second-order valence-electron chi connectivity index (χ2n) is 5.12. The van der Waals surface area contributed by atoms with Crippen LogP contribution in [0.5, 0.6) is 0 Å². The molecule has 1 aromatic rings. The van der Waals surface area contributed by atoms with Crippen molar-refractivity contribution in [1.82, 2.24) is 10.4 Å². The van der Waals surface area contributed by atoms with Gasteiger partial charge in [0, 0.05) is 37.1 Å². The zero-order valence-electron chi connectivity index (χ0n) is 10.1. The van der Waals surface area contributed by atoms with Gasteiger partial charge in [0.15, 0.2) is 0 Å². The minimum atomic E-state index is 0.228. The maximum Gasteiger partial charge on any atom is 0.133 e. The zero-order chi connectivity index (χ0) is 11.9. The number of nitrogens with one attached hydrogen (secondary N) is 2. The first-order valence-corrected chi connectivity index (χ1v) is 6.55. The Morgan fingerprint density at radius 2 is 2.17 bits per heavy atom. The first-order chi connectivity index (χ1) is 8.93. The van der Waals surface area contributed by atoms with Crippen LogP contribution in [0.25, 0.3) is 0 Å². The quantitative estimate of drug-likeness (QED) is 0.787. The van der Waals surface area contributed by atoms with Crippen LogP contribution >= 0.6 is 0 Å². The molecule has 1 fully saturated rings. The molecule has 0 saturated carbocycles. The second kappa shape index (κ2) is 3.95. The molecule has 0 aliphatic carbocycles. The van der Waals surface area contributed by atoms with Crippen molar-refractivity contribution in [1.29, 1.82) is 0 Å². The predicted octanol–water partition coefficient (Wildman–Crippen LogP) is 1.57. The van der Waals surface area contributed by atoms with Crippen molar-refractivity contribution in [3.8, 4) is 0 Å². The second-order valence-corrected chi connectivity index (χ2v) is 5.12. The molecular weight excluding hydrogens is 228 g/mol. The molecule has 0 amide bonds. The molecule has 0 bridgehead atoms. The van der Waals surface area contributed by atoms with Crippen molar-refractivity contribution >= 4 is 17.7 Å². The molecule has 2 atom stereocenters. The van der Waals surface area contributed by atoms with E-state index in [4.69, 9.17) is 4.74 Å². The van der Waals surface area contributed by atoms with Gasteiger partial charge in [-0.25, -0.2) is 4.99 Å². The topological polar surface area (TPSA) is 61.8 Å². The molecule has 1 aromatic heterocycles. The summed E-state index contributed by atoms with van der Waals surface area (Å²) in [5.74, 6) is 1.89. The molecule has 94 valence electrons. The summed E-state index contributed by atoms with van der Waals surface area (Å²) in [6.07, 6.45) is 6.10. The fourth-order valence-corrected chi connectivity index (χ4v) is 3.18. The summed E-state index contributed by atoms with van der Waals surface area (Å²) in [5, 5.41) is 4.59. The van der Waals surface area contributed by atoms with E-state index in [1.807, 2.05) is 12.4 Å². The van der Waals surface area contributed by atoms with Gasteiger partial charge in [-0.2, -0.15) is 5.10 Å². The van der Waals surface area contributed by atoms with E-state index >= 15 is 0 Å². The first-order valence-electron chi connectivity index (χ1n) is 6.55. The minimum Gasteiger partial charge on any atom is -0.381 e. The van der Waals surface area contributed by atoms with E-state index in [1.54, 1.807) is 0 Å². The molecule has 0 radical (unpaired) electrons. The summed E-state index contributed by atoms with van der Waals surface area (Å²) < 4.78 is 5.44. The summed E-state index contributed by atoms with van der Waals surface area (Å²) >= 11 is 0. The lowest BCUT2D eigenvalue weighted by Crippen LogP contribution is -2.34. The third kappa shape index (κ3) is 1.43. The predicted molar refractivity (Wildman–Crippen MR) is 69.6 cm³/mol. The number of hydrogen-bond acceptors (Lipinski definition) is 4. The van der Waals surface area contributed by atoms with Crippen LogP contribution in [0.4, 0.5) is 5.82 Å². The zero-order valence-corrected chi connectivity index (χ0v) is 10.1. The number of hydrogen-bond donors (Lipinski definition) is 2. The molecule has 5 heteroatoms. The highest BCUT2D eigenvalue weighted by Crippen LogP contribution is 2.38. The van der Waals surface area contributed by atoms with Crippen LogP contribution in [-0.4, -0.2) is 36.2 Å². The molecule has 5 nitrogen and oxygen atoms in total. The van der Waals surface area contributed by atoms with E-state index in [9.17, 15) is 0 Å². The number of nitrogens with zero attached hydrogens (tertiary/aromatic N) is 2. The van der Waals surface area contributed by atoms with Crippen molar-refractivity contribution in [2.24, 2.45) is 16.0 Å². The maximum absolute atomic E-state index is 5.44. The van der Waals surface area contributed by atoms with E-state index in [-0.39, 0.29) is 6.04 Å². The standard InChI is InChI=1S/C13H16N4O/c1-4-14-13-9(1)11-10(7-15-13)16-17-12(11)8-2-5-18-6-3-8/h1,4,7-8,10-11,14,16H,2-3,5-6H2. The lowest BCUT2D eigenvalue weighted by molar-refractivity contribution is 0.0823. The Labute approximate surface area is 105 Å². The van der Waals surface area contributed by atoms with E-state index in [2.05, 4.69) is 26.6 Å². The highest BCUT2D eigenvalue weighted by atomic mass is 16.5. The van der Waals surface area contributed by atoms with Gasteiger partial charge < -0.3 is 15.1 Å². The lowest BCUT2D eigenvalue weighted by Gasteiger charge is -2.27. The summed E-state index contributed by atoms with van der Waals surface area (Å²) in [6.45, 7) is 1.71. The normalized spacial score (nSPS) is 30.6. The number of fused-ring (bicyclic) bond motifs is 3. The van der Waals surface area contributed by atoms with Crippen LogP contribution in [0.2, 0.25) is 0 Å². The Kier molecular flexibility index (Phi) is 2.26. The van der Waals surface area contributed by atoms with E-state index in [0.29, 0.717) is 11.8 Å². The van der Waals surface area contributed by atoms with Gasteiger partial charge in [-0.3, -0.25) is 0 Å². The lowest BCUT2D eigenvalue weighted by atomic mass is 9.80. The summed E-state index contributed by atoms with van der Waals surface area (Å²) in [6, 6.07) is 2.36. The monoisotopic (exact) mass is 244 g/mol. The minimum absolute atomic E-state index is 0.228. The first kappa shape index (κ1) is 10.3. The van der Waals surface area contributed by atoms with Crippen LogP contribution in [0.1, 0.15) is 24.3 Å². The maximum atomic E-state index is 5.44. The van der Waals surface area contributed by atoms with Crippen LogP contribution in [0.15, 0.2) is 22.4 Å². The van der Waals surface area contributed by atoms with Gasteiger partial charge in [0.05, 0.1) is 17.7 Å². The Balaban J connectivity index is 1.68. The van der Waals surface area contributed by atoms with Gasteiger partial charge in [0.1, 0.15) is 5.82 Å². The third-order valence-corrected chi connectivity index (χ3v) is 4.12. The summed E-state index contributed by atoms with van der Waals surface area (Å²) in [7, 11) is 0. The number of aromatic amines is 1.